The second-order valence-electron chi connectivity index (χ2n) is 5.72. The number of nitrogens with one attached hydrogen (secondary N) is 1. The van der Waals surface area contributed by atoms with E-state index < -0.39 is 5.92 Å². The molecule has 0 spiro atoms. The number of H-pyrrole nitrogens is 1. The lowest BCUT2D eigenvalue weighted by Crippen LogP contribution is -2.47. The number of nitrogens with zero attached hydrogens (tertiary/aromatic N) is 4. The van der Waals surface area contributed by atoms with E-state index in [-0.39, 0.29) is 12.1 Å². The highest BCUT2D eigenvalue weighted by molar-refractivity contribution is 5.66. The van der Waals surface area contributed by atoms with Crippen molar-refractivity contribution in [3.8, 4) is 11.3 Å². The molecule has 5 nitrogen and oxygen atoms in total. The molecule has 21 heavy (non-hydrogen) atoms. The molecule has 2 aliphatic rings. The summed E-state index contributed by atoms with van der Waals surface area (Å²) in [6, 6.07) is 0.301. The number of aromatic nitrogens is 4. The minimum Gasteiger partial charge on any atom is -0.338 e. The number of halogens is 2. The van der Waals surface area contributed by atoms with Crippen LogP contribution in [-0.4, -0.2) is 32.8 Å². The van der Waals surface area contributed by atoms with Crippen molar-refractivity contribution in [2.75, 3.05) is 11.4 Å². The van der Waals surface area contributed by atoms with E-state index in [0.29, 0.717) is 29.7 Å². The fraction of sp³-hybridized carbons (Fsp3) is 0.500. The van der Waals surface area contributed by atoms with E-state index in [1.807, 2.05) is 4.90 Å². The molecule has 110 valence electrons. The van der Waals surface area contributed by atoms with Crippen LogP contribution in [0.2, 0.25) is 0 Å². The molecule has 0 radical (unpaired) electrons. The van der Waals surface area contributed by atoms with E-state index in [1.165, 1.54) is 0 Å². The van der Waals surface area contributed by atoms with Crippen LogP contribution in [0.25, 0.3) is 11.3 Å². The number of fused-ring (bicyclic) bond motifs is 1. The van der Waals surface area contributed by atoms with E-state index in [4.69, 9.17) is 0 Å². The number of hydrogen-bond acceptors (Lipinski definition) is 4. The summed E-state index contributed by atoms with van der Waals surface area (Å²) in [4.78, 5) is 10.7. The van der Waals surface area contributed by atoms with Crippen LogP contribution in [0.4, 0.5) is 14.7 Å². The molecule has 4 rings (SSSR count). The quantitative estimate of drug-likeness (QED) is 0.923. The molecular weight excluding hydrogens is 276 g/mol. The van der Waals surface area contributed by atoms with E-state index in [1.54, 1.807) is 12.4 Å². The summed E-state index contributed by atoms with van der Waals surface area (Å²) in [5.41, 5.74) is 1.77. The van der Waals surface area contributed by atoms with Crippen LogP contribution in [0.5, 0.6) is 0 Å². The maximum Gasteiger partial charge on any atom is 0.290 e. The Bertz CT molecular complexity index is 683. The summed E-state index contributed by atoms with van der Waals surface area (Å²) in [7, 11) is 0. The zero-order valence-corrected chi connectivity index (χ0v) is 11.6. The van der Waals surface area contributed by atoms with Crippen LogP contribution < -0.4 is 4.90 Å². The van der Waals surface area contributed by atoms with Gasteiger partial charge in [-0.25, -0.2) is 9.97 Å². The van der Waals surface area contributed by atoms with Crippen molar-refractivity contribution in [1.82, 2.24) is 20.2 Å². The van der Waals surface area contributed by atoms with Crippen molar-refractivity contribution >= 4 is 5.95 Å². The van der Waals surface area contributed by atoms with Crippen molar-refractivity contribution in [2.24, 2.45) is 0 Å². The van der Waals surface area contributed by atoms with Crippen LogP contribution in [0.1, 0.15) is 31.0 Å². The van der Waals surface area contributed by atoms with Gasteiger partial charge in [-0.2, -0.15) is 13.9 Å². The summed E-state index contributed by atoms with van der Waals surface area (Å²) in [5.74, 6) is -2.45. The fourth-order valence-corrected chi connectivity index (χ4v) is 2.97. The van der Waals surface area contributed by atoms with Gasteiger partial charge >= 0.3 is 0 Å². The predicted molar refractivity (Wildman–Crippen MR) is 73.3 cm³/mol. The molecule has 1 saturated heterocycles. The predicted octanol–water partition coefficient (Wildman–Crippen LogP) is 2.50. The van der Waals surface area contributed by atoms with Gasteiger partial charge < -0.3 is 4.90 Å². The van der Waals surface area contributed by atoms with E-state index >= 15 is 0 Å². The van der Waals surface area contributed by atoms with Gasteiger partial charge in [0.05, 0.1) is 11.9 Å². The third-order valence-electron chi connectivity index (χ3n) is 4.38. The number of aromatic amines is 1. The smallest absolute Gasteiger partial charge is 0.290 e. The fourth-order valence-electron chi connectivity index (χ4n) is 2.97. The van der Waals surface area contributed by atoms with E-state index in [2.05, 4.69) is 27.1 Å². The number of anilines is 1. The Labute approximate surface area is 120 Å². The van der Waals surface area contributed by atoms with Crippen molar-refractivity contribution in [3.63, 3.8) is 0 Å². The zero-order valence-electron chi connectivity index (χ0n) is 11.6. The standard InChI is InChI=1S/C14H15F2N5/c1-8-3-5-21(8)13-19-11(9-6-17-18-7-9)10-2-4-14(15,16)12(10)20-13/h6-8H,2-5H2,1H3,(H,17,18). The normalized spacial score (nSPS) is 23.0. The molecule has 0 bridgehead atoms. The molecule has 1 aliphatic heterocycles. The van der Waals surface area contributed by atoms with Gasteiger partial charge in [-0.15, -0.1) is 0 Å². The van der Waals surface area contributed by atoms with Crippen molar-refractivity contribution in [2.45, 2.75) is 38.2 Å². The Morgan fingerprint density at radius 2 is 2.24 bits per heavy atom. The highest BCUT2D eigenvalue weighted by atomic mass is 19.3. The Morgan fingerprint density at radius 1 is 1.38 bits per heavy atom. The zero-order chi connectivity index (χ0) is 14.6. The molecule has 0 amide bonds. The molecule has 1 aliphatic carbocycles. The lowest BCUT2D eigenvalue weighted by molar-refractivity contribution is -0.00595. The van der Waals surface area contributed by atoms with Gasteiger partial charge in [-0.1, -0.05) is 0 Å². The summed E-state index contributed by atoms with van der Waals surface area (Å²) in [5, 5.41) is 6.61. The number of alkyl halides is 2. The van der Waals surface area contributed by atoms with Gasteiger partial charge in [0, 0.05) is 36.3 Å². The van der Waals surface area contributed by atoms with Gasteiger partial charge in [0.2, 0.25) is 5.95 Å². The van der Waals surface area contributed by atoms with Crippen LogP contribution in [0, 0.1) is 0 Å². The first-order valence-electron chi connectivity index (χ1n) is 7.11. The van der Waals surface area contributed by atoms with E-state index in [9.17, 15) is 8.78 Å². The van der Waals surface area contributed by atoms with Gasteiger partial charge in [-0.3, -0.25) is 5.10 Å². The highest BCUT2D eigenvalue weighted by Crippen LogP contribution is 2.44. The highest BCUT2D eigenvalue weighted by Gasteiger charge is 2.44. The third kappa shape index (κ3) is 1.83. The summed E-state index contributed by atoms with van der Waals surface area (Å²) in [6.45, 7) is 2.87. The molecule has 7 heteroatoms. The average Bonchev–Trinajstić information content (AvgIpc) is 3.06. The SMILES string of the molecule is CC1CCN1c1nc(-c2cn[nH]c2)c2c(n1)C(F)(F)CC2. The molecule has 0 aromatic carbocycles. The van der Waals surface area contributed by atoms with Crippen LogP contribution in [0.3, 0.4) is 0 Å². The first-order chi connectivity index (χ1) is 10.1. The first-order valence-corrected chi connectivity index (χ1v) is 7.11. The van der Waals surface area contributed by atoms with Crippen molar-refractivity contribution in [3.05, 3.63) is 23.7 Å². The van der Waals surface area contributed by atoms with Gasteiger partial charge in [-0.05, 0) is 19.8 Å². The second-order valence-corrected chi connectivity index (χ2v) is 5.72. The van der Waals surface area contributed by atoms with Crippen LogP contribution in [0.15, 0.2) is 12.4 Å². The van der Waals surface area contributed by atoms with E-state index in [0.717, 1.165) is 18.5 Å². The van der Waals surface area contributed by atoms with Crippen molar-refractivity contribution < 1.29 is 8.78 Å². The van der Waals surface area contributed by atoms with Gasteiger partial charge in [0.1, 0.15) is 5.69 Å². The molecular formula is C14H15F2N5. The van der Waals surface area contributed by atoms with Crippen LogP contribution in [-0.2, 0) is 12.3 Å². The summed E-state index contributed by atoms with van der Waals surface area (Å²) >= 11 is 0. The second kappa shape index (κ2) is 4.22. The molecule has 1 N–H and O–H groups in total. The average molecular weight is 291 g/mol. The number of hydrogen-bond donors (Lipinski definition) is 1. The molecule has 3 heterocycles. The Kier molecular flexibility index (Phi) is 2.55. The molecule has 1 unspecified atom stereocenters. The van der Waals surface area contributed by atoms with Gasteiger partial charge in [0.15, 0.2) is 0 Å². The molecule has 1 fully saturated rings. The summed E-state index contributed by atoms with van der Waals surface area (Å²) in [6.07, 6.45) is 4.45. The Morgan fingerprint density at radius 3 is 2.86 bits per heavy atom. The third-order valence-corrected chi connectivity index (χ3v) is 4.38. The van der Waals surface area contributed by atoms with Gasteiger partial charge in [0.25, 0.3) is 5.92 Å². The molecule has 0 saturated carbocycles. The van der Waals surface area contributed by atoms with Crippen LogP contribution >= 0.6 is 0 Å². The minimum absolute atomic E-state index is 0.109. The summed E-state index contributed by atoms with van der Waals surface area (Å²) < 4.78 is 28.2. The van der Waals surface area contributed by atoms with Crippen molar-refractivity contribution in [1.29, 1.82) is 0 Å². The lowest BCUT2D eigenvalue weighted by atomic mass is 10.1. The largest absolute Gasteiger partial charge is 0.338 e. The number of rotatable bonds is 2. The topological polar surface area (TPSA) is 57.7 Å². The molecule has 2 aromatic heterocycles. The monoisotopic (exact) mass is 291 g/mol. The molecule has 1 atom stereocenters. The Hall–Kier alpha value is -2.05. The maximum atomic E-state index is 14.1. The molecule has 2 aromatic rings. The Balaban J connectivity index is 1.90. The maximum absolute atomic E-state index is 14.1. The first kappa shape index (κ1) is 12.7. The minimum atomic E-state index is -2.86. The lowest BCUT2D eigenvalue weighted by Gasteiger charge is -2.39.